The molecule has 110 valence electrons. The Morgan fingerprint density at radius 1 is 1.05 bits per heavy atom. The lowest BCUT2D eigenvalue weighted by Crippen LogP contribution is -2.13. The van der Waals surface area contributed by atoms with Gasteiger partial charge in [-0.3, -0.25) is 4.79 Å². The number of carbonyl (C=O) groups excluding carboxylic acids is 1. The van der Waals surface area contributed by atoms with Crippen molar-refractivity contribution in [3.05, 3.63) is 58.7 Å². The van der Waals surface area contributed by atoms with Crippen LogP contribution in [0.3, 0.4) is 0 Å². The quantitative estimate of drug-likeness (QED) is 0.910. The molecule has 0 spiro atoms. The zero-order valence-electron chi connectivity index (χ0n) is 13.0. The number of carbonyl (C=O) groups is 1. The predicted molar refractivity (Wildman–Crippen MR) is 86.2 cm³/mol. The Kier molecular flexibility index (Phi) is 4.63. The van der Waals surface area contributed by atoms with Crippen LogP contribution in [0.5, 0.6) is 5.75 Å². The van der Waals surface area contributed by atoms with Crippen molar-refractivity contribution in [3.63, 3.8) is 0 Å². The van der Waals surface area contributed by atoms with E-state index < -0.39 is 0 Å². The summed E-state index contributed by atoms with van der Waals surface area (Å²) in [6.07, 6.45) is 0. The predicted octanol–water partition coefficient (Wildman–Crippen LogP) is 4.26. The summed E-state index contributed by atoms with van der Waals surface area (Å²) in [6.45, 7) is 8.50. The number of anilines is 1. The summed E-state index contributed by atoms with van der Waals surface area (Å²) in [4.78, 5) is 12.3. The number of aryl methyl sites for hydroxylation is 3. The van der Waals surface area contributed by atoms with Gasteiger partial charge in [0.2, 0.25) is 0 Å². The Hall–Kier alpha value is -2.29. The molecule has 21 heavy (non-hydrogen) atoms. The zero-order chi connectivity index (χ0) is 15.4. The normalized spacial score (nSPS) is 10.3. The van der Waals surface area contributed by atoms with Gasteiger partial charge in [-0.25, -0.2) is 0 Å². The minimum Gasteiger partial charge on any atom is -0.494 e. The van der Waals surface area contributed by atoms with E-state index in [-0.39, 0.29) is 5.91 Å². The second-order valence-electron chi connectivity index (χ2n) is 5.19. The third-order valence-electron chi connectivity index (χ3n) is 3.38. The van der Waals surface area contributed by atoms with Crippen LogP contribution in [-0.4, -0.2) is 12.5 Å². The largest absolute Gasteiger partial charge is 0.494 e. The summed E-state index contributed by atoms with van der Waals surface area (Å²) in [5, 5.41) is 2.97. The number of hydrogen-bond acceptors (Lipinski definition) is 2. The molecule has 3 nitrogen and oxygen atoms in total. The van der Waals surface area contributed by atoms with Crippen LogP contribution in [0.15, 0.2) is 36.4 Å². The van der Waals surface area contributed by atoms with E-state index in [9.17, 15) is 4.79 Å². The average molecular weight is 283 g/mol. The van der Waals surface area contributed by atoms with Crippen LogP contribution in [0.4, 0.5) is 5.69 Å². The highest BCUT2D eigenvalue weighted by Crippen LogP contribution is 2.21. The molecule has 0 radical (unpaired) electrons. The smallest absolute Gasteiger partial charge is 0.255 e. The maximum absolute atomic E-state index is 12.3. The number of amides is 1. The van der Waals surface area contributed by atoms with E-state index in [1.165, 1.54) is 0 Å². The van der Waals surface area contributed by atoms with Crippen molar-refractivity contribution in [2.75, 3.05) is 11.9 Å². The summed E-state index contributed by atoms with van der Waals surface area (Å²) >= 11 is 0. The first-order valence-corrected chi connectivity index (χ1v) is 7.13. The topological polar surface area (TPSA) is 38.3 Å². The number of ether oxygens (including phenoxy) is 1. The van der Waals surface area contributed by atoms with Gasteiger partial charge in [-0.1, -0.05) is 12.1 Å². The van der Waals surface area contributed by atoms with E-state index in [4.69, 9.17) is 4.74 Å². The van der Waals surface area contributed by atoms with Crippen molar-refractivity contribution in [2.24, 2.45) is 0 Å². The molecule has 0 aliphatic carbocycles. The second-order valence-corrected chi connectivity index (χ2v) is 5.19. The van der Waals surface area contributed by atoms with Gasteiger partial charge in [-0.2, -0.15) is 0 Å². The van der Waals surface area contributed by atoms with Gasteiger partial charge >= 0.3 is 0 Å². The van der Waals surface area contributed by atoms with Gasteiger partial charge in [0, 0.05) is 11.3 Å². The Bertz CT molecular complexity index is 662. The molecule has 2 rings (SSSR count). The molecule has 0 saturated carbocycles. The van der Waals surface area contributed by atoms with Gasteiger partial charge in [-0.15, -0.1) is 0 Å². The van der Waals surface area contributed by atoms with Crippen LogP contribution in [-0.2, 0) is 0 Å². The van der Waals surface area contributed by atoms with Gasteiger partial charge in [-0.05, 0) is 68.7 Å². The summed E-state index contributed by atoms with van der Waals surface area (Å²) < 4.78 is 5.49. The molecule has 0 atom stereocenters. The molecule has 0 heterocycles. The Morgan fingerprint density at radius 3 is 2.48 bits per heavy atom. The molecular weight excluding hydrogens is 262 g/mol. The van der Waals surface area contributed by atoms with Crippen LogP contribution in [0, 0.1) is 20.8 Å². The number of rotatable bonds is 4. The van der Waals surface area contributed by atoms with Crippen molar-refractivity contribution in [2.45, 2.75) is 27.7 Å². The van der Waals surface area contributed by atoms with Crippen LogP contribution in [0.1, 0.15) is 34.0 Å². The molecule has 2 aromatic rings. The number of nitrogens with one attached hydrogen (secondary N) is 1. The van der Waals surface area contributed by atoms with Crippen LogP contribution >= 0.6 is 0 Å². The molecule has 3 heteroatoms. The molecule has 0 fully saturated rings. The minimum absolute atomic E-state index is 0.102. The first kappa shape index (κ1) is 15.1. The van der Waals surface area contributed by atoms with E-state index in [1.807, 2.05) is 58.0 Å². The lowest BCUT2D eigenvalue weighted by Gasteiger charge is -2.11. The third kappa shape index (κ3) is 3.63. The summed E-state index contributed by atoms with van der Waals surface area (Å²) in [5.41, 5.74) is 4.63. The van der Waals surface area contributed by atoms with Gasteiger partial charge in [0.05, 0.1) is 6.61 Å². The Labute approximate surface area is 126 Å². The average Bonchev–Trinajstić information content (AvgIpc) is 2.45. The van der Waals surface area contributed by atoms with Gasteiger partial charge in [0.1, 0.15) is 5.75 Å². The van der Waals surface area contributed by atoms with Crippen LogP contribution < -0.4 is 10.1 Å². The molecule has 2 aromatic carbocycles. The monoisotopic (exact) mass is 283 g/mol. The molecule has 1 N–H and O–H groups in total. The van der Waals surface area contributed by atoms with Gasteiger partial charge < -0.3 is 10.1 Å². The van der Waals surface area contributed by atoms with Crippen molar-refractivity contribution in [1.29, 1.82) is 0 Å². The Morgan fingerprint density at radius 2 is 1.81 bits per heavy atom. The minimum atomic E-state index is -0.102. The summed E-state index contributed by atoms with van der Waals surface area (Å²) in [7, 11) is 0. The van der Waals surface area contributed by atoms with Crippen LogP contribution in [0.2, 0.25) is 0 Å². The maximum atomic E-state index is 12.3. The summed E-state index contributed by atoms with van der Waals surface area (Å²) in [5.74, 6) is 0.718. The standard InChI is InChI=1S/C18H21NO2/c1-5-21-17-9-8-15(11-14(17)4)18(20)19-16-10-12(2)6-7-13(16)3/h6-11H,5H2,1-4H3,(H,19,20). The molecule has 0 aliphatic rings. The van der Waals surface area contributed by atoms with Crippen molar-refractivity contribution in [3.8, 4) is 5.75 Å². The zero-order valence-corrected chi connectivity index (χ0v) is 13.0. The van der Waals surface area contributed by atoms with E-state index in [1.54, 1.807) is 6.07 Å². The van der Waals surface area contributed by atoms with Gasteiger partial charge in [0.25, 0.3) is 5.91 Å². The van der Waals surface area contributed by atoms with E-state index in [0.29, 0.717) is 12.2 Å². The van der Waals surface area contributed by atoms with Crippen molar-refractivity contribution < 1.29 is 9.53 Å². The van der Waals surface area contributed by atoms with Crippen molar-refractivity contribution in [1.82, 2.24) is 0 Å². The molecule has 0 unspecified atom stereocenters. The van der Waals surface area contributed by atoms with Crippen molar-refractivity contribution >= 4 is 11.6 Å². The molecular formula is C18H21NO2. The second kappa shape index (κ2) is 6.44. The molecule has 1 amide bonds. The lowest BCUT2D eigenvalue weighted by atomic mass is 10.1. The van der Waals surface area contributed by atoms with E-state index in [0.717, 1.165) is 28.1 Å². The first-order chi connectivity index (χ1) is 10.0. The fraction of sp³-hybridized carbons (Fsp3) is 0.278. The van der Waals surface area contributed by atoms with Gasteiger partial charge in [0.15, 0.2) is 0 Å². The highest BCUT2D eigenvalue weighted by molar-refractivity contribution is 6.04. The fourth-order valence-electron chi connectivity index (χ4n) is 2.17. The molecule has 0 aromatic heterocycles. The third-order valence-corrected chi connectivity index (χ3v) is 3.38. The number of hydrogen-bond donors (Lipinski definition) is 1. The summed E-state index contributed by atoms with van der Waals surface area (Å²) in [6, 6.07) is 11.5. The SMILES string of the molecule is CCOc1ccc(C(=O)Nc2cc(C)ccc2C)cc1C. The molecule has 0 bridgehead atoms. The highest BCUT2D eigenvalue weighted by Gasteiger charge is 2.10. The lowest BCUT2D eigenvalue weighted by molar-refractivity contribution is 0.102. The highest BCUT2D eigenvalue weighted by atomic mass is 16.5. The Balaban J connectivity index is 2.20. The molecule has 0 aliphatic heterocycles. The van der Waals surface area contributed by atoms with E-state index in [2.05, 4.69) is 5.32 Å². The van der Waals surface area contributed by atoms with Crippen LogP contribution in [0.25, 0.3) is 0 Å². The molecule has 0 saturated heterocycles. The maximum Gasteiger partial charge on any atom is 0.255 e. The van der Waals surface area contributed by atoms with E-state index >= 15 is 0 Å². The number of benzene rings is 2. The fourth-order valence-corrected chi connectivity index (χ4v) is 2.17. The first-order valence-electron chi connectivity index (χ1n) is 7.13.